The molecule has 8 nitrogen and oxygen atoms in total. The van der Waals surface area contributed by atoms with Crippen molar-refractivity contribution in [2.24, 2.45) is 7.05 Å². The molecule has 0 saturated carbocycles. The van der Waals surface area contributed by atoms with E-state index in [4.69, 9.17) is 9.47 Å². The zero-order chi connectivity index (χ0) is 19.2. The summed E-state index contributed by atoms with van der Waals surface area (Å²) >= 11 is 0. The van der Waals surface area contributed by atoms with Crippen molar-refractivity contribution < 1.29 is 14.3 Å². The van der Waals surface area contributed by atoms with Gasteiger partial charge in [-0.15, -0.1) is 0 Å². The van der Waals surface area contributed by atoms with Crippen LogP contribution in [0.15, 0.2) is 48.9 Å². The monoisotopic (exact) mass is 367 g/mol. The first-order valence-corrected chi connectivity index (χ1v) is 8.29. The summed E-state index contributed by atoms with van der Waals surface area (Å²) < 4.78 is 12.1. The maximum absolute atomic E-state index is 12.1. The number of pyridine rings is 1. The van der Waals surface area contributed by atoms with E-state index in [1.807, 2.05) is 25.4 Å². The molecule has 1 aromatic carbocycles. The lowest BCUT2D eigenvalue weighted by Crippen LogP contribution is -2.28. The van der Waals surface area contributed by atoms with Gasteiger partial charge in [0.25, 0.3) is 0 Å². The molecule has 3 aromatic rings. The third-order valence-electron chi connectivity index (χ3n) is 3.89. The molecule has 0 aliphatic heterocycles. The standard InChI is InChI=1S/C19H21N5O3/c1-24-12-14(11-22-24)18-5-4-13(9-20-18)10-21-19(25)23-15-6-16(26-2)8-17(7-15)27-3/h4-9,11-12H,10H2,1-3H3,(H2,21,23,25). The summed E-state index contributed by atoms with van der Waals surface area (Å²) in [7, 11) is 4.97. The lowest BCUT2D eigenvalue weighted by molar-refractivity contribution is 0.251. The number of urea groups is 1. The van der Waals surface area contributed by atoms with Crippen LogP contribution in [0.5, 0.6) is 11.5 Å². The molecule has 0 aliphatic rings. The van der Waals surface area contributed by atoms with Crippen LogP contribution in [0.4, 0.5) is 10.5 Å². The van der Waals surface area contributed by atoms with Crippen LogP contribution < -0.4 is 20.1 Å². The highest BCUT2D eigenvalue weighted by Crippen LogP contribution is 2.25. The number of hydrogen-bond donors (Lipinski definition) is 2. The van der Waals surface area contributed by atoms with E-state index in [2.05, 4.69) is 20.7 Å². The SMILES string of the molecule is COc1cc(NC(=O)NCc2ccc(-c3cnn(C)c3)nc2)cc(OC)c1. The molecule has 0 unspecified atom stereocenters. The summed E-state index contributed by atoms with van der Waals surface area (Å²) in [5, 5.41) is 9.69. The summed E-state index contributed by atoms with van der Waals surface area (Å²) in [5.74, 6) is 1.19. The number of anilines is 1. The Bertz CT molecular complexity index is 899. The fraction of sp³-hybridized carbons (Fsp3) is 0.211. The number of aryl methyl sites for hydroxylation is 1. The number of aromatic nitrogens is 3. The molecule has 0 radical (unpaired) electrons. The van der Waals surface area contributed by atoms with Gasteiger partial charge in [0, 0.05) is 55.4 Å². The molecule has 0 fully saturated rings. The Balaban J connectivity index is 1.57. The quantitative estimate of drug-likeness (QED) is 0.699. The van der Waals surface area contributed by atoms with Crippen LogP contribution in [0.2, 0.25) is 0 Å². The average Bonchev–Trinajstić information content (AvgIpc) is 3.12. The Morgan fingerprint density at radius 3 is 2.41 bits per heavy atom. The number of methoxy groups -OCH3 is 2. The lowest BCUT2D eigenvalue weighted by Gasteiger charge is -2.11. The molecule has 0 saturated heterocycles. The van der Waals surface area contributed by atoms with Crippen molar-refractivity contribution in [1.82, 2.24) is 20.1 Å². The van der Waals surface area contributed by atoms with Crippen molar-refractivity contribution in [2.75, 3.05) is 19.5 Å². The van der Waals surface area contributed by atoms with Gasteiger partial charge in [0.15, 0.2) is 0 Å². The summed E-state index contributed by atoms with van der Waals surface area (Å²) in [6.07, 6.45) is 5.39. The van der Waals surface area contributed by atoms with E-state index in [0.717, 1.165) is 16.8 Å². The molecule has 8 heteroatoms. The van der Waals surface area contributed by atoms with Crippen molar-refractivity contribution in [2.45, 2.75) is 6.54 Å². The lowest BCUT2D eigenvalue weighted by atomic mass is 10.2. The Morgan fingerprint density at radius 1 is 1.11 bits per heavy atom. The first-order valence-electron chi connectivity index (χ1n) is 8.29. The molecule has 0 atom stereocenters. The molecular formula is C19H21N5O3. The minimum Gasteiger partial charge on any atom is -0.497 e. The first kappa shape index (κ1) is 18.2. The Labute approximate surface area is 157 Å². The minimum atomic E-state index is -0.332. The van der Waals surface area contributed by atoms with E-state index >= 15 is 0 Å². The summed E-state index contributed by atoms with van der Waals surface area (Å²) in [4.78, 5) is 16.6. The van der Waals surface area contributed by atoms with Crippen LogP contribution in [0.25, 0.3) is 11.3 Å². The third kappa shape index (κ3) is 4.75. The molecule has 0 aliphatic carbocycles. The number of nitrogens with zero attached hydrogens (tertiary/aromatic N) is 3. The summed E-state index contributed by atoms with van der Waals surface area (Å²) in [6.45, 7) is 0.354. The summed E-state index contributed by atoms with van der Waals surface area (Å²) in [5.41, 5.74) is 3.25. The smallest absolute Gasteiger partial charge is 0.319 e. The first-order chi connectivity index (χ1) is 13.1. The number of rotatable bonds is 6. The van der Waals surface area contributed by atoms with E-state index in [1.54, 1.807) is 49.5 Å². The zero-order valence-corrected chi connectivity index (χ0v) is 15.4. The van der Waals surface area contributed by atoms with Gasteiger partial charge in [-0.25, -0.2) is 4.79 Å². The van der Waals surface area contributed by atoms with Crippen LogP contribution in [0.3, 0.4) is 0 Å². The van der Waals surface area contributed by atoms with Crippen molar-refractivity contribution >= 4 is 11.7 Å². The number of amides is 2. The topological polar surface area (TPSA) is 90.3 Å². The molecule has 0 spiro atoms. The van der Waals surface area contributed by atoms with E-state index in [-0.39, 0.29) is 6.03 Å². The van der Waals surface area contributed by atoms with Gasteiger partial charge >= 0.3 is 6.03 Å². The van der Waals surface area contributed by atoms with Crippen molar-refractivity contribution in [3.63, 3.8) is 0 Å². The van der Waals surface area contributed by atoms with Crippen LogP contribution in [-0.4, -0.2) is 35.0 Å². The molecule has 0 bridgehead atoms. The highest BCUT2D eigenvalue weighted by molar-refractivity contribution is 5.89. The number of benzene rings is 1. The molecule has 3 rings (SSSR count). The molecule has 2 heterocycles. The third-order valence-corrected chi connectivity index (χ3v) is 3.89. The fourth-order valence-corrected chi connectivity index (χ4v) is 2.49. The number of carbonyl (C=O) groups is 1. The molecule has 27 heavy (non-hydrogen) atoms. The second kappa shape index (κ2) is 8.22. The minimum absolute atomic E-state index is 0.332. The second-order valence-electron chi connectivity index (χ2n) is 5.86. The highest BCUT2D eigenvalue weighted by Gasteiger charge is 2.07. The Kier molecular flexibility index (Phi) is 5.55. The van der Waals surface area contributed by atoms with Gasteiger partial charge < -0.3 is 20.1 Å². The molecule has 2 N–H and O–H groups in total. The largest absolute Gasteiger partial charge is 0.497 e. The fourth-order valence-electron chi connectivity index (χ4n) is 2.49. The van der Waals surface area contributed by atoms with Gasteiger partial charge in [-0.3, -0.25) is 9.67 Å². The Morgan fingerprint density at radius 2 is 1.85 bits per heavy atom. The van der Waals surface area contributed by atoms with E-state index in [9.17, 15) is 4.79 Å². The van der Waals surface area contributed by atoms with Crippen LogP contribution in [0.1, 0.15) is 5.56 Å². The Hall–Kier alpha value is -3.55. The highest BCUT2D eigenvalue weighted by atomic mass is 16.5. The molecule has 2 amide bonds. The van der Waals surface area contributed by atoms with Crippen molar-refractivity contribution in [3.05, 3.63) is 54.5 Å². The van der Waals surface area contributed by atoms with E-state index in [0.29, 0.717) is 23.7 Å². The van der Waals surface area contributed by atoms with Gasteiger partial charge in [-0.05, 0) is 11.6 Å². The van der Waals surface area contributed by atoms with Crippen LogP contribution in [-0.2, 0) is 13.6 Å². The van der Waals surface area contributed by atoms with Gasteiger partial charge in [0.05, 0.1) is 26.1 Å². The van der Waals surface area contributed by atoms with Crippen LogP contribution >= 0.6 is 0 Å². The summed E-state index contributed by atoms with van der Waals surface area (Å²) in [6, 6.07) is 8.65. The average molecular weight is 367 g/mol. The predicted molar refractivity (Wildman–Crippen MR) is 102 cm³/mol. The van der Waals surface area contributed by atoms with Gasteiger partial charge in [0.2, 0.25) is 0 Å². The van der Waals surface area contributed by atoms with Crippen LogP contribution in [0, 0.1) is 0 Å². The number of hydrogen-bond acceptors (Lipinski definition) is 5. The number of carbonyl (C=O) groups excluding carboxylic acids is 1. The van der Waals surface area contributed by atoms with E-state index in [1.165, 1.54) is 0 Å². The maximum Gasteiger partial charge on any atom is 0.319 e. The van der Waals surface area contributed by atoms with Crippen molar-refractivity contribution in [1.29, 1.82) is 0 Å². The molecule has 2 aromatic heterocycles. The second-order valence-corrected chi connectivity index (χ2v) is 5.86. The molecular weight excluding hydrogens is 346 g/mol. The maximum atomic E-state index is 12.1. The van der Waals surface area contributed by atoms with Gasteiger partial charge in [-0.2, -0.15) is 5.10 Å². The predicted octanol–water partition coefficient (Wildman–Crippen LogP) is 2.82. The number of nitrogens with one attached hydrogen (secondary N) is 2. The van der Waals surface area contributed by atoms with E-state index < -0.39 is 0 Å². The van der Waals surface area contributed by atoms with Gasteiger partial charge in [-0.1, -0.05) is 6.07 Å². The number of ether oxygens (including phenoxy) is 2. The molecule has 140 valence electrons. The van der Waals surface area contributed by atoms with Crippen molar-refractivity contribution in [3.8, 4) is 22.8 Å². The normalized spacial score (nSPS) is 10.3. The zero-order valence-electron chi connectivity index (χ0n) is 15.4. The van der Waals surface area contributed by atoms with Gasteiger partial charge in [0.1, 0.15) is 11.5 Å².